The molecule has 2 nitrogen and oxygen atoms in total. The first-order chi connectivity index (χ1) is 10.2. The van der Waals surface area contributed by atoms with Crippen LogP contribution in [0.2, 0.25) is 0 Å². The predicted molar refractivity (Wildman–Crippen MR) is 86.7 cm³/mol. The summed E-state index contributed by atoms with van der Waals surface area (Å²) in [5, 5.41) is 0. The fourth-order valence-electron chi connectivity index (χ4n) is 4.16. The molecule has 114 valence electrons. The molecule has 0 radical (unpaired) electrons. The highest BCUT2D eigenvalue weighted by Crippen LogP contribution is 2.46. The number of aryl methyl sites for hydroxylation is 1. The lowest BCUT2D eigenvalue weighted by Gasteiger charge is -2.39. The second-order valence-electron chi connectivity index (χ2n) is 7.04. The first-order valence-electron chi connectivity index (χ1n) is 8.50. The summed E-state index contributed by atoms with van der Waals surface area (Å²) in [5.74, 6) is 0.300. The van der Waals surface area contributed by atoms with Crippen molar-refractivity contribution in [1.29, 1.82) is 0 Å². The molecule has 21 heavy (non-hydrogen) atoms. The largest absolute Gasteiger partial charge is 0.303 e. The molecule has 0 aromatic heterocycles. The maximum atomic E-state index is 12.3. The van der Waals surface area contributed by atoms with Crippen molar-refractivity contribution in [1.82, 2.24) is 4.90 Å². The van der Waals surface area contributed by atoms with E-state index in [0.29, 0.717) is 17.6 Å². The molecule has 2 aliphatic rings. The van der Waals surface area contributed by atoms with Crippen LogP contribution in [0.1, 0.15) is 60.9 Å². The van der Waals surface area contributed by atoms with E-state index >= 15 is 0 Å². The zero-order chi connectivity index (χ0) is 14.7. The standard InChI is InChI=1S/C19H27NO/c1-16-6-2-3-7-17(16)18(21)8-13-20-14-11-19(12-15-20)9-4-5-10-19/h2-3,6-7H,4-5,8-15H2,1H3. The van der Waals surface area contributed by atoms with Crippen molar-refractivity contribution >= 4 is 5.78 Å². The van der Waals surface area contributed by atoms with Crippen LogP contribution in [0.25, 0.3) is 0 Å². The summed E-state index contributed by atoms with van der Waals surface area (Å²) >= 11 is 0. The number of Topliss-reactive ketones (excluding diaryl/α,β-unsaturated/α-hetero) is 1. The zero-order valence-corrected chi connectivity index (χ0v) is 13.2. The summed E-state index contributed by atoms with van der Waals surface area (Å²) in [5.41, 5.74) is 2.68. The highest BCUT2D eigenvalue weighted by Gasteiger charge is 2.36. The number of carbonyl (C=O) groups excluding carboxylic acids is 1. The van der Waals surface area contributed by atoms with Gasteiger partial charge in [0.25, 0.3) is 0 Å². The lowest BCUT2D eigenvalue weighted by atomic mass is 9.77. The molecule has 1 spiro atoms. The Labute approximate surface area is 128 Å². The van der Waals surface area contributed by atoms with E-state index in [-0.39, 0.29) is 0 Å². The number of rotatable bonds is 4. The van der Waals surface area contributed by atoms with Crippen LogP contribution in [0, 0.1) is 12.3 Å². The van der Waals surface area contributed by atoms with Gasteiger partial charge in [0.2, 0.25) is 0 Å². The van der Waals surface area contributed by atoms with E-state index in [1.807, 2.05) is 31.2 Å². The molecule has 0 N–H and O–H groups in total. The fraction of sp³-hybridized carbons (Fsp3) is 0.632. The van der Waals surface area contributed by atoms with Crippen molar-refractivity contribution in [3.63, 3.8) is 0 Å². The van der Waals surface area contributed by atoms with Gasteiger partial charge in [0, 0.05) is 18.5 Å². The Morgan fingerprint density at radius 2 is 1.76 bits per heavy atom. The van der Waals surface area contributed by atoms with E-state index in [4.69, 9.17) is 0 Å². The number of benzene rings is 1. The van der Waals surface area contributed by atoms with Crippen molar-refractivity contribution in [2.45, 2.75) is 51.9 Å². The van der Waals surface area contributed by atoms with Gasteiger partial charge in [-0.05, 0) is 56.7 Å². The SMILES string of the molecule is Cc1ccccc1C(=O)CCN1CCC2(CCCC2)CC1. The van der Waals surface area contributed by atoms with Crippen LogP contribution in [0.3, 0.4) is 0 Å². The first-order valence-corrected chi connectivity index (χ1v) is 8.50. The molecule has 0 unspecified atom stereocenters. The Kier molecular flexibility index (Phi) is 4.44. The number of piperidine rings is 1. The van der Waals surface area contributed by atoms with Crippen LogP contribution >= 0.6 is 0 Å². The van der Waals surface area contributed by atoms with E-state index in [2.05, 4.69) is 4.90 Å². The predicted octanol–water partition coefficient (Wildman–Crippen LogP) is 4.22. The van der Waals surface area contributed by atoms with Gasteiger partial charge in [-0.3, -0.25) is 4.79 Å². The maximum Gasteiger partial charge on any atom is 0.164 e. The van der Waals surface area contributed by atoms with E-state index < -0.39 is 0 Å². The summed E-state index contributed by atoms with van der Waals surface area (Å²) in [7, 11) is 0. The number of likely N-dealkylation sites (tertiary alicyclic amines) is 1. The van der Waals surface area contributed by atoms with E-state index in [9.17, 15) is 4.79 Å². The molecule has 2 heteroatoms. The van der Waals surface area contributed by atoms with Gasteiger partial charge in [-0.15, -0.1) is 0 Å². The van der Waals surface area contributed by atoms with E-state index in [1.165, 1.54) is 51.6 Å². The minimum atomic E-state index is 0.300. The van der Waals surface area contributed by atoms with Gasteiger partial charge in [-0.25, -0.2) is 0 Å². The molecule has 1 aliphatic heterocycles. The smallest absolute Gasteiger partial charge is 0.164 e. The lowest BCUT2D eigenvalue weighted by molar-refractivity contribution is 0.0887. The third-order valence-corrected chi connectivity index (χ3v) is 5.68. The van der Waals surface area contributed by atoms with Crippen LogP contribution in [-0.2, 0) is 0 Å². The molecule has 0 bridgehead atoms. The van der Waals surface area contributed by atoms with Crippen molar-refractivity contribution in [3.05, 3.63) is 35.4 Å². The van der Waals surface area contributed by atoms with Gasteiger partial charge in [0.05, 0.1) is 0 Å². The number of ketones is 1. The lowest BCUT2D eigenvalue weighted by Crippen LogP contribution is -2.39. The second-order valence-corrected chi connectivity index (χ2v) is 7.04. The van der Waals surface area contributed by atoms with E-state index in [1.54, 1.807) is 0 Å². The molecule has 1 aromatic rings. The van der Waals surface area contributed by atoms with Crippen molar-refractivity contribution < 1.29 is 4.79 Å². The number of carbonyl (C=O) groups is 1. The van der Waals surface area contributed by atoms with Crippen LogP contribution < -0.4 is 0 Å². The second kappa shape index (κ2) is 6.31. The minimum Gasteiger partial charge on any atom is -0.303 e. The van der Waals surface area contributed by atoms with Gasteiger partial charge in [-0.2, -0.15) is 0 Å². The molecule has 0 atom stereocenters. The normalized spacial score (nSPS) is 21.8. The molecular weight excluding hydrogens is 258 g/mol. The van der Waals surface area contributed by atoms with E-state index in [0.717, 1.165) is 17.7 Å². The van der Waals surface area contributed by atoms with Crippen LogP contribution in [0.5, 0.6) is 0 Å². The first kappa shape index (κ1) is 14.8. The summed E-state index contributed by atoms with van der Waals surface area (Å²) in [6.07, 6.45) is 9.14. The molecule has 2 fully saturated rings. The van der Waals surface area contributed by atoms with Gasteiger partial charge in [0.1, 0.15) is 0 Å². The Bertz CT molecular complexity index is 492. The quantitative estimate of drug-likeness (QED) is 0.772. The minimum absolute atomic E-state index is 0.300. The Morgan fingerprint density at radius 1 is 1.10 bits per heavy atom. The average Bonchev–Trinajstić information content (AvgIpc) is 2.95. The average molecular weight is 285 g/mol. The van der Waals surface area contributed by atoms with Crippen LogP contribution in [0.4, 0.5) is 0 Å². The van der Waals surface area contributed by atoms with Crippen molar-refractivity contribution in [3.8, 4) is 0 Å². The molecule has 1 saturated carbocycles. The van der Waals surface area contributed by atoms with Crippen LogP contribution in [-0.4, -0.2) is 30.3 Å². The fourth-order valence-corrected chi connectivity index (χ4v) is 4.16. The monoisotopic (exact) mass is 285 g/mol. The molecule has 1 heterocycles. The highest BCUT2D eigenvalue weighted by atomic mass is 16.1. The van der Waals surface area contributed by atoms with Gasteiger partial charge in [0.15, 0.2) is 5.78 Å². The van der Waals surface area contributed by atoms with Crippen molar-refractivity contribution in [2.24, 2.45) is 5.41 Å². The number of hydrogen-bond acceptors (Lipinski definition) is 2. The van der Waals surface area contributed by atoms with Crippen molar-refractivity contribution in [2.75, 3.05) is 19.6 Å². The summed E-state index contributed by atoms with van der Waals surface area (Å²) in [6, 6.07) is 7.95. The molecule has 1 saturated heterocycles. The third-order valence-electron chi connectivity index (χ3n) is 5.68. The van der Waals surface area contributed by atoms with Gasteiger partial charge in [-0.1, -0.05) is 37.1 Å². The Hall–Kier alpha value is -1.15. The summed E-state index contributed by atoms with van der Waals surface area (Å²) in [6.45, 7) is 5.35. The maximum absolute atomic E-state index is 12.3. The Morgan fingerprint density at radius 3 is 2.43 bits per heavy atom. The molecule has 1 aromatic carbocycles. The number of hydrogen-bond donors (Lipinski definition) is 0. The Balaban J connectivity index is 1.48. The number of nitrogens with zero attached hydrogens (tertiary/aromatic N) is 1. The molecule has 3 rings (SSSR count). The van der Waals surface area contributed by atoms with Gasteiger partial charge < -0.3 is 4.90 Å². The molecule has 1 aliphatic carbocycles. The zero-order valence-electron chi connectivity index (χ0n) is 13.2. The summed E-state index contributed by atoms with van der Waals surface area (Å²) in [4.78, 5) is 14.8. The topological polar surface area (TPSA) is 20.3 Å². The third kappa shape index (κ3) is 3.37. The van der Waals surface area contributed by atoms with Gasteiger partial charge >= 0.3 is 0 Å². The van der Waals surface area contributed by atoms with Crippen LogP contribution in [0.15, 0.2) is 24.3 Å². The summed E-state index contributed by atoms with van der Waals surface area (Å²) < 4.78 is 0. The highest BCUT2D eigenvalue weighted by molar-refractivity contribution is 5.97. The molecular formula is C19H27NO. The molecule has 0 amide bonds.